The van der Waals surface area contributed by atoms with Crippen molar-refractivity contribution < 1.29 is 44.2 Å². The second kappa shape index (κ2) is 35.4. The number of aliphatic hydroxyl groups excluding tert-OH is 4. The number of aliphatic hydroxyl groups is 4. The van der Waals surface area contributed by atoms with E-state index in [0.717, 1.165) is 38.5 Å². The van der Waals surface area contributed by atoms with Crippen LogP contribution in [0.5, 0.6) is 0 Å². The molecule has 1 saturated heterocycles. The summed E-state index contributed by atoms with van der Waals surface area (Å²) >= 11 is 0. The lowest BCUT2D eigenvalue weighted by molar-refractivity contribution is -0.305. The Bertz CT molecular complexity index is 848. The number of ether oxygens (including phenoxy) is 4. The van der Waals surface area contributed by atoms with E-state index in [1.54, 1.807) is 0 Å². The molecule has 0 radical (unpaired) electrons. The van der Waals surface area contributed by atoms with Crippen molar-refractivity contribution in [2.45, 2.75) is 218 Å². The average molecular weight is 741 g/mol. The average Bonchev–Trinajstić information content (AvgIpc) is 3.14. The van der Waals surface area contributed by atoms with Crippen LogP contribution in [0.1, 0.15) is 181 Å². The monoisotopic (exact) mass is 741 g/mol. The van der Waals surface area contributed by atoms with E-state index in [-0.39, 0.29) is 19.2 Å². The molecule has 0 saturated carbocycles. The number of allylic oxidation sites excluding steroid dienone is 4. The van der Waals surface area contributed by atoms with Crippen molar-refractivity contribution in [2.75, 3.05) is 26.4 Å². The van der Waals surface area contributed by atoms with Gasteiger partial charge in [0.05, 0.1) is 19.8 Å². The Labute approximate surface area is 317 Å². The zero-order chi connectivity index (χ0) is 37.9. The fraction of sp³-hybridized carbons (Fsp3) is 0.884. The van der Waals surface area contributed by atoms with Crippen molar-refractivity contribution >= 4 is 5.97 Å². The Hall–Kier alpha value is -1.33. The van der Waals surface area contributed by atoms with Crippen LogP contribution in [0.25, 0.3) is 0 Å². The van der Waals surface area contributed by atoms with E-state index in [4.69, 9.17) is 18.9 Å². The molecule has 1 rings (SSSR count). The van der Waals surface area contributed by atoms with Gasteiger partial charge in [0.1, 0.15) is 30.5 Å². The first kappa shape index (κ1) is 48.7. The fourth-order valence-corrected chi connectivity index (χ4v) is 6.46. The molecule has 9 heteroatoms. The van der Waals surface area contributed by atoms with Crippen LogP contribution in [0, 0.1) is 0 Å². The maximum Gasteiger partial charge on any atom is 0.306 e. The van der Waals surface area contributed by atoms with Gasteiger partial charge in [0.2, 0.25) is 0 Å². The molecule has 0 aromatic rings. The number of esters is 1. The summed E-state index contributed by atoms with van der Waals surface area (Å²) in [4.78, 5) is 12.7. The lowest BCUT2D eigenvalue weighted by Gasteiger charge is -2.39. The Morgan fingerprint density at radius 2 is 1.12 bits per heavy atom. The normalized spacial score (nSPS) is 21.4. The van der Waals surface area contributed by atoms with Crippen molar-refractivity contribution in [1.82, 2.24) is 0 Å². The summed E-state index contributed by atoms with van der Waals surface area (Å²) in [5.41, 5.74) is 0. The number of carbonyl (C=O) groups is 1. The standard InChI is InChI=1S/C43H80O9/c1-3-5-7-9-11-12-13-14-15-16-17-18-19-20-21-22-23-24-25-26-27-28-30-32-39(45)51-37(35-49-33-31-29-10-8-6-4-2)36-50-43-42(48)41(47)40(46)38(34-44)52-43/h13-14,16-17,37-38,40-44,46-48H,3-12,15,18-36H2,1-2H3/b14-13-,17-16-. The number of rotatable bonds is 36. The lowest BCUT2D eigenvalue weighted by Crippen LogP contribution is -2.59. The van der Waals surface area contributed by atoms with Crippen molar-refractivity contribution in [3.8, 4) is 0 Å². The van der Waals surface area contributed by atoms with Gasteiger partial charge in [0.25, 0.3) is 0 Å². The maximum absolute atomic E-state index is 12.7. The topological polar surface area (TPSA) is 135 Å². The van der Waals surface area contributed by atoms with Crippen molar-refractivity contribution in [1.29, 1.82) is 0 Å². The van der Waals surface area contributed by atoms with Gasteiger partial charge in [-0.05, 0) is 44.9 Å². The third-order valence-corrected chi connectivity index (χ3v) is 9.87. The first-order valence-corrected chi connectivity index (χ1v) is 21.4. The molecule has 6 unspecified atom stereocenters. The summed E-state index contributed by atoms with van der Waals surface area (Å²) in [6.45, 7) is 4.50. The maximum atomic E-state index is 12.7. The minimum absolute atomic E-state index is 0.112. The van der Waals surface area contributed by atoms with Gasteiger partial charge < -0.3 is 39.4 Å². The van der Waals surface area contributed by atoms with E-state index in [9.17, 15) is 25.2 Å². The number of unbranched alkanes of at least 4 members (excludes halogenated alkanes) is 21. The van der Waals surface area contributed by atoms with Gasteiger partial charge in [-0.15, -0.1) is 0 Å². The second-order valence-electron chi connectivity index (χ2n) is 14.8. The second-order valence-corrected chi connectivity index (χ2v) is 14.8. The highest BCUT2D eigenvalue weighted by molar-refractivity contribution is 5.69. The van der Waals surface area contributed by atoms with Gasteiger partial charge in [-0.25, -0.2) is 0 Å². The van der Waals surface area contributed by atoms with Crippen LogP contribution in [-0.4, -0.2) is 89.6 Å². The van der Waals surface area contributed by atoms with E-state index in [1.165, 1.54) is 122 Å². The molecule has 4 N–H and O–H groups in total. The highest BCUT2D eigenvalue weighted by atomic mass is 16.7. The quantitative estimate of drug-likeness (QED) is 0.0282. The minimum atomic E-state index is -1.53. The third-order valence-electron chi connectivity index (χ3n) is 9.87. The molecule has 0 aromatic heterocycles. The summed E-state index contributed by atoms with van der Waals surface area (Å²) in [7, 11) is 0. The zero-order valence-electron chi connectivity index (χ0n) is 33.3. The Balaban J connectivity index is 2.15. The van der Waals surface area contributed by atoms with Crippen LogP contribution in [0.15, 0.2) is 24.3 Å². The molecule has 306 valence electrons. The van der Waals surface area contributed by atoms with E-state index >= 15 is 0 Å². The molecule has 1 fully saturated rings. The highest BCUT2D eigenvalue weighted by Gasteiger charge is 2.44. The van der Waals surface area contributed by atoms with Crippen LogP contribution in [0.4, 0.5) is 0 Å². The van der Waals surface area contributed by atoms with E-state index in [1.807, 2.05) is 0 Å². The minimum Gasteiger partial charge on any atom is -0.457 e. The van der Waals surface area contributed by atoms with Gasteiger partial charge in [0, 0.05) is 13.0 Å². The molecule has 1 aliphatic rings. The molecule has 52 heavy (non-hydrogen) atoms. The van der Waals surface area contributed by atoms with Crippen molar-refractivity contribution in [3.63, 3.8) is 0 Å². The molecule has 0 aliphatic carbocycles. The van der Waals surface area contributed by atoms with E-state index in [2.05, 4.69) is 38.2 Å². The predicted octanol–water partition coefficient (Wildman–Crippen LogP) is 9.03. The zero-order valence-corrected chi connectivity index (χ0v) is 33.3. The first-order valence-electron chi connectivity index (χ1n) is 21.4. The molecule has 9 nitrogen and oxygen atoms in total. The lowest BCUT2D eigenvalue weighted by atomic mass is 9.99. The molecule has 1 heterocycles. The molecule has 0 aromatic carbocycles. The molecule has 0 spiro atoms. The molecule has 0 bridgehead atoms. The Morgan fingerprint density at radius 3 is 1.65 bits per heavy atom. The summed E-state index contributed by atoms with van der Waals surface area (Å²) in [6.07, 6.45) is 32.3. The summed E-state index contributed by atoms with van der Waals surface area (Å²) in [5, 5.41) is 39.9. The molecule has 6 atom stereocenters. The highest BCUT2D eigenvalue weighted by Crippen LogP contribution is 2.22. The predicted molar refractivity (Wildman–Crippen MR) is 210 cm³/mol. The van der Waals surface area contributed by atoms with Gasteiger partial charge in [-0.3, -0.25) is 4.79 Å². The molecule has 0 amide bonds. The van der Waals surface area contributed by atoms with Gasteiger partial charge in [0.15, 0.2) is 6.29 Å². The Kier molecular flexibility index (Phi) is 33.1. The van der Waals surface area contributed by atoms with Crippen LogP contribution in [-0.2, 0) is 23.7 Å². The molecule has 1 aliphatic heterocycles. The SMILES string of the molecule is CCCCCCC/C=C\C/C=C\CCCCCCCCCCCCCC(=O)OC(COCCCCCCCC)COC1OC(CO)C(O)C(O)C1O. The van der Waals surface area contributed by atoms with Gasteiger partial charge in [-0.2, -0.15) is 0 Å². The van der Waals surface area contributed by atoms with Crippen LogP contribution in [0.3, 0.4) is 0 Å². The van der Waals surface area contributed by atoms with E-state index in [0.29, 0.717) is 13.0 Å². The van der Waals surface area contributed by atoms with Crippen LogP contribution in [0.2, 0.25) is 0 Å². The van der Waals surface area contributed by atoms with Crippen LogP contribution < -0.4 is 0 Å². The van der Waals surface area contributed by atoms with Gasteiger partial charge >= 0.3 is 5.97 Å². The number of hydrogen-bond donors (Lipinski definition) is 4. The van der Waals surface area contributed by atoms with Crippen molar-refractivity contribution in [2.24, 2.45) is 0 Å². The first-order chi connectivity index (χ1) is 25.4. The third kappa shape index (κ3) is 26.4. The van der Waals surface area contributed by atoms with E-state index < -0.39 is 43.4 Å². The number of hydrogen-bond acceptors (Lipinski definition) is 9. The smallest absolute Gasteiger partial charge is 0.306 e. The molecular weight excluding hydrogens is 660 g/mol. The van der Waals surface area contributed by atoms with Crippen molar-refractivity contribution in [3.05, 3.63) is 24.3 Å². The van der Waals surface area contributed by atoms with Gasteiger partial charge in [-0.1, -0.05) is 154 Å². The van der Waals surface area contributed by atoms with Crippen LogP contribution >= 0.6 is 0 Å². The summed E-state index contributed by atoms with van der Waals surface area (Å²) < 4.78 is 22.6. The molecular formula is C43H80O9. The summed E-state index contributed by atoms with van der Waals surface area (Å²) in [6, 6.07) is 0. The largest absolute Gasteiger partial charge is 0.457 e. The Morgan fingerprint density at radius 1 is 0.615 bits per heavy atom. The summed E-state index contributed by atoms with van der Waals surface area (Å²) in [5.74, 6) is -0.318. The number of carbonyl (C=O) groups excluding carboxylic acids is 1. The fourth-order valence-electron chi connectivity index (χ4n) is 6.46.